The van der Waals surface area contributed by atoms with Crippen LogP contribution in [0.2, 0.25) is 0 Å². The Balaban J connectivity index is 1.96. The highest BCUT2D eigenvalue weighted by Crippen LogP contribution is 2.25. The summed E-state index contributed by atoms with van der Waals surface area (Å²) in [5.74, 6) is 0.833. The third-order valence-corrected chi connectivity index (χ3v) is 8.04. The zero-order valence-electron chi connectivity index (χ0n) is 19.1. The molecule has 8 heteroatoms. The van der Waals surface area contributed by atoms with Gasteiger partial charge in [0.15, 0.2) is 4.80 Å². The highest BCUT2D eigenvalue weighted by atomic mass is 32.2. The van der Waals surface area contributed by atoms with Gasteiger partial charge in [0, 0.05) is 25.0 Å². The fourth-order valence-corrected chi connectivity index (χ4v) is 5.91. The molecule has 0 aliphatic heterocycles. The number of hydrogen-bond donors (Lipinski definition) is 0. The van der Waals surface area contributed by atoms with E-state index in [1.54, 1.807) is 23.5 Å². The van der Waals surface area contributed by atoms with Gasteiger partial charge in [0.05, 0.1) is 22.9 Å². The lowest BCUT2D eigenvalue weighted by molar-refractivity contribution is 0.340. The van der Waals surface area contributed by atoms with Gasteiger partial charge < -0.3 is 9.30 Å². The van der Waals surface area contributed by atoms with Crippen LogP contribution < -0.4 is 9.54 Å². The molecule has 0 unspecified atom stereocenters. The molecule has 0 bridgehead atoms. The molecule has 0 saturated heterocycles. The number of thiazole rings is 1. The molecule has 0 aliphatic rings. The number of hydrogen-bond acceptors (Lipinski definition) is 5. The van der Waals surface area contributed by atoms with Crippen molar-refractivity contribution >= 4 is 27.0 Å². The molecule has 0 saturated carbocycles. The van der Waals surface area contributed by atoms with Gasteiger partial charge in [-0.3, -0.25) is 0 Å². The number of rotatable bonds is 10. The van der Waals surface area contributed by atoms with Gasteiger partial charge in [0.25, 0.3) is 0 Å². The predicted octanol–water partition coefficient (Wildman–Crippen LogP) is 5.29. The Hall–Kier alpha value is -2.42. The summed E-state index contributed by atoms with van der Waals surface area (Å²) in [5.41, 5.74) is 2.88. The summed E-state index contributed by atoms with van der Waals surface area (Å²) in [6.07, 6.45) is 0.967. The Bertz CT molecular complexity index is 1170. The van der Waals surface area contributed by atoms with E-state index >= 15 is 0 Å². The first-order chi connectivity index (χ1) is 15.4. The van der Waals surface area contributed by atoms with E-state index in [0.29, 0.717) is 24.6 Å². The van der Waals surface area contributed by atoms with Crippen LogP contribution in [0.1, 0.15) is 34.1 Å². The molecule has 0 atom stereocenters. The zero-order chi connectivity index (χ0) is 23.1. The van der Waals surface area contributed by atoms with E-state index in [1.165, 1.54) is 4.31 Å². The molecule has 172 valence electrons. The van der Waals surface area contributed by atoms with Gasteiger partial charge in [0.1, 0.15) is 5.75 Å². The molecular formula is C24H31N3O3S2. The van der Waals surface area contributed by atoms with Crippen molar-refractivity contribution in [1.29, 1.82) is 0 Å². The SMILES string of the molecule is CCCn1c(-c2ccc(S(=O)(=O)N(CC)CC)cc2)csc1=Nc1ccc(OCC)cc1. The van der Waals surface area contributed by atoms with E-state index in [4.69, 9.17) is 9.73 Å². The Morgan fingerprint density at radius 3 is 2.19 bits per heavy atom. The summed E-state index contributed by atoms with van der Waals surface area (Å²) in [6.45, 7) is 10.2. The summed E-state index contributed by atoms with van der Waals surface area (Å²) >= 11 is 1.58. The molecule has 32 heavy (non-hydrogen) atoms. The maximum Gasteiger partial charge on any atom is 0.243 e. The predicted molar refractivity (Wildman–Crippen MR) is 131 cm³/mol. The second-order valence-electron chi connectivity index (χ2n) is 7.21. The van der Waals surface area contributed by atoms with Crippen LogP contribution in [0.15, 0.2) is 63.8 Å². The molecule has 1 heterocycles. The lowest BCUT2D eigenvalue weighted by Crippen LogP contribution is -2.30. The van der Waals surface area contributed by atoms with Crippen molar-refractivity contribution in [3.05, 3.63) is 58.7 Å². The van der Waals surface area contributed by atoms with Gasteiger partial charge in [-0.15, -0.1) is 11.3 Å². The standard InChI is InChI=1S/C24H31N3O3S2/c1-5-17-27-23(18-31-24(27)25-20-11-13-21(14-12-20)30-8-4)19-9-15-22(16-10-19)32(28,29)26(6-2)7-3/h9-16,18H,5-8,17H2,1-4H3. The summed E-state index contributed by atoms with van der Waals surface area (Å²) in [6, 6.07) is 14.9. The maximum absolute atomic E-state index is 12.8. The number of sulfonamides is 1. The van der Waals surface area contributed by atoms with Crippen molar-refractivity contribution in [2.24, 2.45) is 4.99 Å². The summed E-state index contributed by atoms with van der Waals surface area (Å²) < 4.78 is 34.7. The van der Waals surface area contributed by atoms with E-state index < -0.39 is 10.0 Å². The van der Waals surface area contributed by atoms with Gasteiger partial charge in [-0.05, 0) is 55.3 Å². The van der Waals surface area contributed by atoms with Crippen molar-refractivity contribution in [3.63, 3.8) is 0 Å². The van der Waals surface area contributed by atoms with Crippen molar-refractivity contribution in [1.82, 2.24) is 8.87 Å². The minimum atomic E-state index is -3.46. The number of benzene rings is 2. The van der Waals surface area contributed by atoms with Crippen LogP contribution in [-0.2, 0) is 16.6 Å². The molecule has 3 rings (SSSR count). The van der Waals surface area contributed by atoms with Crippen LogP contribution in [0.3, 0.4) is 0 Å². The molecule has 6 nitrogen and oxygen atoms in total. The molecule has 1 aromatic heterocycles. The van der Waals surface area contributed by atoms with Crippen molar-refractivity contribution in [3.8, 4) is 17.0 Å². The van der Waals surface area contributed by atoms with Crippen molar-refractivity contribution in [2.45, 2.75) is 45.6 Å². The van der Waals surface area contributed by atoms with Gasteiger partial charge in [-0.25, -0.2) is 13.4 Å². The molecule has 0 radical (unpaired) electrons. The second kappa shape index (κ2) is 10.9. The summed E-state index contributed by atoms with van der Waals surface area (Å²) in [7, 11) is -3.46. The van der Waals surface area contributed by atoms with E-state index in [-0.39, 0.29) is 0 Å². The minimum Gasteiger partial charge on any atom is -0.494 e. The van der Waals surface area contributed by atoms with E-state index in [2.05, 4.69) is 16.9 Å². The van der Waals surface area contributed by atoms with Gasteiger partial charge in [-0.1, -0.05) is 32.9 Å². The van der Waals surface area contributed by atoms with Gasteiger partial charge in [-0.2, -0.15) is 4.31 Å². The fraction of sp³-hybridized carbons (Fsp3) is 0.375. The molecule has 0 aliphatic carbocycles. The highest BCUT2D eigenvalue weighted by Gasteiger charge is 2.21. The van der Waals surface area contributed by atoms with Crippen LogP contribution in [0.4, 0.5) is 5.69 Å². The molecule has 0 spiro atoms. The quantitative estimate of drug-likeness (QED) is 0.402. The first-order valence-corrected chi connectivity index (χ1v) is 13.3. The number of aromatic nitrogens is 1. The number of ether oxygens (including phenoxy) is 1. The van der Waals surface area contributed by atoms with Crippen molar-refractivity contribution in [2.75, 3.05) is 19.7 Å². The van der Waals surface area contributed by atoms with Crippen LogP contribution in [0.5, 0.6) is 5.75 Å². The van der Waals surface area contributed by atoms with E-state index in [0.717, 1.165) is 40.5 Å². The first-order valence-electron chi connectivity index (χ1n) is 11.0. The Morgan fingerprint density at radius 1 is 0.969 bits per heavy atom. The van der Waals surface area contributed by atoms with Gasteiger partial charge in [0.2, 0.25) is 10.0 Å². The zero-order valence-corrected chi connectivity index (χ0v) is 20.7. The summed E-state index contributed by atoms with van der Waals surface area (Å²) in [5, 5.41) is 2.08. The van der Waals surface area contributed by atoms with Gasteiger partial charge >= 0.3 is 0 Å². The second-order valence-corrected chi connectivity index (χ2v) is 9.98. The van der Waals surface area contributed by atoms with Crippen molar-refractivity contribution < 1.29 is 13.2 Å². The average molecular weight is 474 g/mol. The maximum atomic E-state index is 12.8. The van der Waals surface area contributed by atoms with E-state index in [9.17, 15) is 8.42 Å². The third-order valence-electron chi connectivity index (χ3n) is 5.11. The molecule has 3 aromatic rings. The molecule has 2 aromatic carbocycles. The molecular weight excluding hydrogens is 442 g/mol. The molecule has 0 N–H and O–H groups in total. The largest absolute Gasteiger partial charge is 0.494 e. The Morgan fingerprint density at radius 2 is 1.62 bits per heavy atom. The first kappa shape index (κ1) is 24.2. The normalized spacial score (nSPS) is 12.5. The van der Waals surface area contributed by atoms with E-state index in [1.807, 2.05) is 57.2 Å². The lowest BCUT2D eigenvalue weighted by Gasteiger charge is -2.18. The topological polar surface area (TPSA) is 63.9 Å². The highest BCUT2D eigenvalue weighted by molar-refractivity contribution is 7.89. The molecule has 0 fully saturated rings. The summed E-state index contributed by atoms with van der Waals surface area (Å²) in [4.78, 5) is 6.06. The fourth-order valence-electron chi connectivity index (χ4n) is 3.49. The average Bonchev–Trinajstić information content (AvgIpc) is 3.18. The van der Waals surface area contributed by atoms with Crippen LogP contribution in [0, 0.1) is 0 Å². The Labute approximate surface area is 194 Å². The van der Waals surface area contributed by atoms with Crippen LogP contribution >= 0.6 is 11.3 Å². The molecule has 0 amide bonds. The number of nitrogens with zero attached hydrogens (tertiary/aromatic N) is 3. The monoisotopic (exact) mass is 473 g/mol. The third kappa shape index (κ3) is 5.31. The smallest absolute Gasteiger partial charge is 0.243 e. The minimum absolute atomic E-state index is 0.321. The Kier molecular flexibility index (Phi) is 8.28. The lowest BCUT2D eigenvalue weighted by atomic mass is 10.2. The van der Waals surface area contributed by atoms with Crippen LogP contribution in [-0.4, -0.2) is 37.0 Å². The van der Waals surface area contributed by atoms with Crippen LogP contribution in [0.25, 0.3) is 11.3 Å².